The third kappa shape index (κ3) is 1.97. The minimum absolute atomic E-state index is 0.0623. The number of fused-ring (bicyclic) bond motifs is 1. The second kappa shape index (κ2) is 4.61. The summed E-state index contributed by atoms with van der Waals surface area (Å²) < 4.78 is 1.84. The van der Waals surface area contributed by atoms with Crippen molar-refractivity contribution >= 4 is 34.7 Å². The van der Waals surface area contributed by atoms with Crippen LogP contribution in [0.3, 0.4) is 0 Å². The lowest BCUT2D eigenvalue weighted by atomic mass is 10.4. The quantitative estimate of drug-likeness (QED) is 0.833. The van der Waals surface area contributed by atoms with Crippen molar-refractivity contribution < 1.29 is 4.79 Å². The van der Waals surface area contributed by atoms with Crippen LogP contribution in [-0.4, -0.2) is 45.0 Å². The van der Waals surface area contributed by atoms with Gasteiger partial charge in [0.25, 0.3) is 5.91 Å². The number of hydrogen-bond acceptors (Lipinski definition) is 5. The number of anilines is 1. The molecule has 100 valence electrons. The molecule has 0 aromatic carbocycles. The van der Waals surface area contributed by atoms with E-state index in [0.717, 1.165) is 29.3 Å². The van der Waals surface area contributed by atoms with Crippen LogP contribution in [0.1, 0.15) is 0 Å². The first kappa shape index (κ1) is 12.1. The van der Waals surface area contributed by atoms with Gasteiger partial charge in [0.1, 0.15) is 11.8 Å². The van der Waals surface area contributed by atoms with Gasteiger partial charge in [0.05, 0.1) is 4.91 Å². The summed E-state index contributed by atoms with van der Waals surface area (Å²) in [5, 5.41) is 5.78. The molecule has 1 aliphatic rings. The molecule has 0 saturated heterocycles. The molecule has 0 unspecified atom stereocenters. The third-order valence-corrected chi connectivity index (χ3v) is 3.98. The highest BCUT2D eigenvalue weighted by Gasteiger charge is 2.21. The van der Waals surface area contributed by atoms with Crippen molar-refractivity contribution in [3.63, 3.8) is 0 Å². The fourth-order valence-corrected chi connectivity index (χ4v) is 2.96. The van der Waals surface area contributed by atoms with Crippen LogP contribution in [0.2, 0.25) is 0 Å². The van der Waals surface area contributed by atoms with E-state index in [1.54, 1.807) is 25.1 Å². The fourth-order valence-electron chi connectivity index (χ4n) is 2.02. The molecule has 0 atom stereocenters. The minimum atomic E-state index is -0.0623. The summed E-state index contributed by atoms with van der Waals surface area (Å²) >= 11 is 1.56. The lowest BCUT2D eigenvalue weighted by Crippen LogP contribution is -2.30. The Labute approximate surface area is 114 Å². The predicted octanol–water partition coefficient (Wildman–Crippen LogP) is 0.437. The molecule has 1 amide bonds. The Bertz CT molecular complexity index is 657. The molecule has 2 N–H and O–H groups in total. The Kier molecular flexibility index (Phi) is 2.94. The molecular formula is C11H14N6OS. The zero-order valence-electron chi connectivity index (χ0n) is 10.7. The van der Waals surface area contributed by atoms with Gasteiger partial charge in [0.2, 0.25) is 0 Å². The van der Waals surface area contributed by atoms with Gasteiger partial charge in [-0.15, -0.1) is 11.8 Å². The van der Waals surface area contributed by atoms with Crippen LogP contribution in [-0.2, 0) is 11.8 Å². The van der Waals surface area contributed by atoms with Gasteiger partial charge >= 0.3 is 0 Å². The number of amides is 1. The molecule has 0 radical (unpaired) electrons. The Morgan fingerprint density at radius 3 is 3.11 bits per heavy atom. The predicted molar refractivity (Wildman–Crippen MR) is 74.8 cm³/mol. The monoisotopic (exact) mass is 278 g/mol. The van der Waals surface area contributed by atoms with Gasteiger partial charge in [0, 0.05) is 32.6 Å². The SMILES string of the molecule is CNC(=O)C1=CN(c2ncnc3c2[nH]n3C)CCS1. The molecule has 0 saturated carbocycles. The second-order valence-electron chi connectivity index (χ2n) is 4.18. The van der Waals surface area contributed by atoms with E-state index in [4.69, 9.17) is 0 Å². The molecule has 2 aromatic heterocycles. The summed E-state index contributed by atoms with van der Waals surface area (Å²) in [6.07, 6.45) is 3.39. The van der Waals surface area contributed by atoms with Gasteiger partial charge < -0.3 is 10.2 Å². The maximum Gasteiger partial charge on any atom is 0.258 e. The van der Waals surface area contributed by atoms with E-state index in [2.05, 4.69) is 20.4 Å². The van der Waals surface area contributed by atoms with Crippen LogP contribution in [0, 0.1) is 0 Å². The average Bonchev–Trinajstić information content (AvgIpc) is 2.45. The van der Waals surface area contributed by atoms with Crippen LogP contribution >= 0.6 is 11.8 Å². The van der Waals surface area contributed by atoms with E-state index in [0.29, 0.717) is 4.91 Å². The summed E-state index contributed by atoms with van der Waals surface area (Å²) in [6, 6.07) is 0. The number of likely N-dealkylation sites (N-methyl/N-ethyl adjacent to an activating group) is 1. The van der Waals surface area contributed by atoms with Gasteiger partial charge in [-0.2, -0.15) is 0 Å². The van der Waals surface area contributed by atoms with Crippen molar-refractivity contribution in [1.29, 1.82) is 0 Å². The maximum absolute atomic E-state index is 11.7. The molecule has 19 heavy (non-hydrogen) atoms. The van der Waals surface area contributed by atoms with E-state index in [1.165, 1.54) is 0 Å². The highest BCUT2D eigenvalue weighted by atomic mass is 32.2. The Morgan fingerprint density at radius 2 is 2.37 bits per heavy atom. The van der Waals surface area contributed by atoms with Crippen LogP contribution in [0.5, 0.6) is 0 Å². The topological polar surface area (TPSA) is 78.8 Å². The summed E-state index contributed by atoms with van der Waals surface area (Å²) in [5.74, 6) is 1.60. The van der Waals surface area contributed by atoms with E-state index in [9.17, 15) is 4.79 Å². The van der Waals surface area contributed by atoms with Crippen LogP contribution in [0.25, 0.3) is 11.2 Å². The van der Waals surface area contributed by atoms with E-state index in [1.807, 2.05) is 22.8 Å². The molecule has 0 aliphatic carbocycles. The van der Waals surface area contributed by atoms with Gasteiger partial charge in [-0.05, 0) is 0 Å². The van der Waals surface area contributed by atoms with Crippen molar-refractivity contribution in [1.82, 2.24) is 25.1 Å². The van der Waals surface area contributed by atoms with Crippen molar-refractivity contribution in [2.75, 3.05) is 24.2 Å². The molecule has 0 fully saturated rings. The van der Waals surface area contributed by atoms with Crippen molar-refractivity contribution in [3.8, 4) is 0 Å². The summed E-state index contributed by atoms with van der Waals surface area (Å²) in [6.45, 7) is 0.819. The molecule has 3 rings (SSSR count). The number of hydrogen-bond donors (Lipinski definition) is 2. The van der Waals surface area contributed by atoms with Gasteiger partial charge in [0.15, 0.2) is 11.5 Å². The Morgan fingerprint density at radius 1 is 1.53 bits per heavy atom. The van der Waals surface area contributed by atoms with Crippen molar-refractivity contribution in [3.05, 3.63) is 17.4 Å². The van der Waals surface area contributed by atoms with Crippen molar-refractivity contribution in [2.45, 2.75) is 0 Å². The highest BCUT2D eigenvalue weighted by Crippen LogP contribution is 2.28. The molecule has 0 bridgehead atoms. The average molecular weight is 278 g/mol. The van der Waals surface area contributed by atoms with Crippen LogP contribution in [0.15, 0.2) is 17.4 Å². The Hall–Kier alpha value is -1.96. The van der Waals surface area contributed by atoms with Crippen LogP contribution in [0.4, 0.5) is 5.82 Å². The zero-order chi connectivity index (χ0) is 13.4. The fraction of sp³-hybridized carbons (Fsp3) is 0.364. The van der Waals surface area contributed by atoms with E-state index in [-0.39, 0.29) is 5.91 Å². The number of nitrogens with zero attached hydrogens (tertiary/aromatic N) is 4. The lowest BCUT2D eigenvalue weighted by molar-refractivity contribution is -0.116. The van der Waals surface area contributed by atoms with Crippen LogP contribution < -0.4 is 10.2 Å². The highest BCUT2D eigenvalue weighted by molar-refractivity contribution is 8.04. The number of aromatic amines is 1. The molecule has 3 heterocycles. The van der Waals surface area contributed by atoms with Gasteiger partial charge in [-0.25, -0.2) is 9.97 Å². The number of carbonyl (C=O) groups is 1. The van der Waals surface area contributed by atoms with E-state index < -0.39 is 0 Å². The standard InChI is InChI=1S/C11H14N6OS/c1-12-11(18)7-5-17(3-4-19-7)10-8-9(13-6-14-10)16(2)15-8/h5-6,15H,3-4H2,1-2H3,(H,12,18). The largest absolute Gasteiger partial charge is 0.355 e. The smallest absolute Gasteiger partial charge is 0.258 e. The number of rotatable bonds is 2. The maximum atomic E-state index is 11.7. The molecule has 1 aliphatic heterocycles. The number of thioether (sulfide) groups is 1. The number of nitrogens with one attached hydrogen (secondary N) is 2. The first-order valence-corrected chi connectivity index (χ1v) is 6.88. The molecule has 8 heteroatoms. The number of H-pyrrole nitrogens is 1. The lowest BCUT2D eigenvalue weighted by Gasteiger charge is -2.26. The summed E-state index contributed by atoms with van der Waals surface area (Å²) in [7, 11) is 3.54. The molecule has 7 nitrogen and oxygen atoms in total. The summed E-state index contributed by atoms with van der Waals surface area (Å²) in [4.78, 5) is 22.9. The van der Waals surface area contributed by atoms with Gasteiger partial charge in [-0.1, -0.05) is 0 Å². The van der Waals surface area contributed by atoms with Crippen molar-refractivity contribution in [2.24, 2.45) is 7.05 Å². The van der Waals surface area contributed by atoms with Gasteiger partial charge in [-0.3, -0.25) is 14.6 Å². The summed E-state index contributed by atoms with van der Waals surface area (Å²) in [5.41, 5.74) is 1.78. The third-order valence-electron chi connectivity index (χ3n) is 2.99. The Balaban J connectivity index is 1.98. The number of aromatic nitrogens is 4. The zero-order valence-corrected chi connectivity index (χ0v) is 11.5. The van der Waals surface area contributed by atoms with E-state index >= 15 is 0 Å². The first-order chi connectivity index (χ1) is 9.20. The molecule has 0 spiro atoms. The number of carbonyl (C=O) groups excluding carboxylic acids is 1. The molecular weight excluding hydrogens is 264 g/mol. The first-order valence-electron chi connectivity index (χ1n) is 5.89. The molecule has 2 aromatic rings. The number of aryl methyl sites for hydroxylation is 1. The minimum Gasteiger partial charge on any atom is -0.355 e. The normalized spacial score (nSPS) is 15.7. The second-order valence-corrected chi connectivity index (χ2v) is 5.32.